The molecule has 2 aromatic carbocycles. The molecule has 1 aromatic heterocycles. The summed E-state index contributed by atoms with van der Waals surface area (Å²) in [7, 11) is -2.24. The van der Waals surface area contributed by atoms with E-state index in [1.54, 1.807) is 24.3 Å². The molecule has 0 bridgehead atoms. The standard InChI is InChI=1S/C21H25N6O3S/c1-14(2)19(13-28)23-21-22-18(15-6-4-3-5-7-15)12-20(24-21)26-25-16-8-10-17(11-9-16)27-31(29)30/h3-12,14,19,25,28H,13H2,1-2H3,(H,27,29,30)(H2,22,23,24,26)/q-1/t19-/m0/s1. The van der Waals surface area contributed by atoms with Gasteiger partial charge in [-0.2, -0.15) is 4.98 Å². The van der Waals surface area contributed by atoms with Crippen molar-refractivity contribution in [2.24, 2.45) is 10.3 Å². The molecule has 0 spiro atoms. The van der Waals surface area contributed by atoms with Crippen molar-refractivity contribution in [2.45, 2.75) is 19.9 Å². The van der Waals surface area contributed by atoms with Gasteiger partial charge in [0.15, 0.2) is 5.82 Å². The molecule has 0 radical (unpaired) electrons. The zero-order valence-corrected chi connectivity index (χ0v) is 18.0. The summed E-state index contributed by atoms with van der Waals surface area (Å²) in [5.41, 5.74) is 8.86. The van der Waals surface area contributed by atoms with Crippen LogP contribution in [0.25, 0.3) is 11.3 Å². The Bertz CT molecular complexity index is 1070. The summed E-state index contributed by atoms with van der Waals surface area (Å²) in [5, 5.41) is 12.9. The Balaban J connectivity index is 1.83. The van der Waals surface area contributed by atoms with E-state index >= 15 is 0 Å². The van der Waals surface area contributed by atoms with E-state index < -0.39 is 10.9 Å². The van der Waals surface area contributed by atoms with Crippen molar-refractivity contribution in [3.05, 3.63) is 60.7 Å². The molecule has 3 rings (SSSR count). The topological polar surface area (TPSA) is 132 Å². The number of hydrazine groups is 1. The van der Waals surface area contributed by atoms with Crippen molar-refractivity contribution in [2.75, 3.05) is 22.8 Å². The van der Waals surface area contributed by atoms with Gasteiger partial charge in [-0.3, -0.25) is 10.9 Å². The molecule has 10 heteroatoms. The molecular weight excluding hydrogens is 416 g/mol. The molecule has 164 valence electrons. The Kier molecular flexibility index (Phi) is 7.76. The summed E-state index contributed by atoms with van der Waals surface area (Å²) in [4.78, 5) is 9.10. The summed E-state index contributed by atoms with van der Waals surface area (Å²) >= 11 is 0. The number of benzene rings is 2. The molecule has 0 aliphatic heterocycles. The van der Waals surface area contributed by atoms with E-state index in [1.165, 1.54) is 0 Å². The van der Waals surface area contributed by atoms with E-state index in [1.807, 2.05) is 50.2 Å². The second-order valence-electron chi connectivity index (χ2n) is 7.12. The van der Waals surface area contributed by atoms with Crippen LogP contribution in [0, 0.1) is 5.92 Å². The largest absolute Gasteiger partial charge is 0.454 e. The van der Waals surface area contributed by atoms with E-state index in [-0.39, 0.29) is 18.6 Å². The molecule has 1 atom stereocenters. The molecule has 31 heavy (non-hydrogen) atoms. The van der Waals surface area contributed by atoms with Gasteiger partial charge in [-0.15, -0.1) is 0 Å². The summed E-state index contributed by atoms with van der Waals surface area (Å²) in [5.74, 6) is 1.13. The van der Waals surface area contributed by atoms with Crippen LogP contribution in [-0.4, -0.2) is 32.3 Å². The maximum absolute atomic E-state index is 10.8. The Morgan fingerprint density at radius 3 is 2.35 bits per heavy atom. The van der Waals surface area contributed by atoms with Gasteiger partial charge in [-0.25, -0.2) is 4.98 Å². The van der Waals surface area contributed by atoms with Gasteiger partial charge in [0.1, 0.15) is 0 Å². The number of hydrogen-bond donors (Lipinski definition) is 5. The lowest BCUT2D eigenvalue weighted by Crippen LogP contribution is -2.30. The van der Waals surface area contributed by atoms with E-state index in [2.05, 4.69) is 30.5 Å². The second kappa shape index (κ2) is 10.7. The molecule has 0 saturated carbocycles. The van der Waals surface area contributed by atoms with Crippen LogP contribution in [0.3, 0.4) is 0 Å². The zero-order valence-electron chi connectivity index (χ0n) is 17.2. The molecule has 0 aliphatic rings. The average molecular weight is 442 g/mol. The number of aliphatic hydroxyl groups is 1. The SMILES string of the molecule is CC(C)[C@H](CO)Nc1nc(NNc2ccc(N=[S-](=O)O)cc2)cc(-c2ccccc2)n1. The highest BCUT2D eigenvalue weighted by Crippen LogP contribution is 2.23. The first kappa shape index (κ1) is 22.5. The Morgan fingerprint density at radius 1 is 1.03 bits per heavy atom. The lowest BCUT2D eigenvalue weighted by molar-refractivity contribution is 0.248. The first-order chi connectivity index (χ1) is 14.9. The van der Waals surface area contributed by atoms with Crippen LogP contribution in [0.4, 0.5) is 23.1 Å². The number of aliphatic hydroxyl groups excluding tert-OH is 1. The molecule has 0 unspecified atom stereocenters. The molecule has 5 N–H and O–H groups in total. The van der Waals surface area contributed by atoms with Crippen molar-refractivity contribution in [1.82, 2.24) is 9.97 Å². The predicted molar refractivity (Wildman–Crippen MR) is 123 cm³/mol. The van der Waals surface area contributed by atoms with Crippen molar-refractivity contribution in [3.8, 4) is 11.3 Å². The molecule has 1 heterocycles. The number of nitrogens with zero attached hydrogens (tertiary/aromatic N) is 3. The van der Waals surface area contributed by atoms with Gasteiger partial charge in [0.05, 0.1) is 24.0 Å². The van der Waals surface area contributed by atoms with Crippen LogP contribution in [0.2, 0.25) is 0 Å². The maximum atomic E-state index is 10.8. The minimum absolute atomic E-state index is 0.0341. The van der Waals surface area contributed by atoms with E-state index in [0.29, 0.717) is 23.1 Å². The van der Waals surface area contributed by atoms with Gasteiger partial charge in [0.25, 0.3) is 0 Å². The van der Waals surface area contributed by atoms with Crippen LogP contribution in [0.1, 0.15) is 13.8 Å². The normalized spacial score (nSPS) is 13.1. The molecule has 0 aliphatic carbocycles. The smallest absolute Gasteiger partial charge is 0.225 e. The minimum Gasteiger partial charge on any atom is -0.454 e. The van der Waals surface area contributed by atoms with Gasteiger partial charge >= 0.3 is 0 Å². The van der Waals surface area contributed by atoms with E-state index in [4.69, 9.17) is 4.55 Å². The van der Waals surface area contributed by atoms with Crippen LogP contribution in [-0.2, 0) is 15.1 Å². The van der Waals surface area contributed by atoms with Crippen LogP contribution < -0.4 is 16.2 Å². The summed E-state index contributed by atoms with van der Waals surface area (Å²) in [6.45, 7) is 3.99. The minimum atomic E-state index is -2.24. The van der Waals surface area contributed by atoms with Crippen LogP contribution in [0.15, 0.2) is 65.0 Å². The first-order valence-corrected chi connectivity index (χ1v) is 10.8. The highest BCUT2D eigenvalue weighted by Gasteiger charge is 2.15. The molecule has 0 amide bonds. The quantitative estimate of drug-likeness (QED) is 0.189. The number of aromatic nitrogens is 2. The van der Waals surface area contributed by atoms with Crippen molar-refractivity contribution < 1.29 is 13.9 Å². The lowest BCUT2D eigenvalue weighted by Gasteiger charge is -2.21. The number of rotatable bonds is 9. The maximum Gasteiger partial charge on any atom is 0.225 e. The van der Waals surface area contributed by atoms with Gasteiger partial charge in [-0.1, -0.05) is 55.1 Å². The van der Waals surface area contributed by atoms with Crippen LogP contribution in [0.5, 0.6) is 0 Å². The molecule has 3 aromatic rings. The Hall–Kier alpha value is -3.21. The molecular formula is C21H25N6O3S-. The second-order valence-corrected chi connectivity index (χ2v) is 7.77. The van der Waals surface area contributed by atoms with Gasteiger partial charge < -0.3 is 23.5 Å². The Morgan fingerprint density at radius 2 is 1.74 bits per heavy atom. The van der Waals surface area contributed by atoms with Crippen molar-refractivity contribution in [1.29, 1.82) is 0 Å². The highest BCUT2D eigenvalue weighted by atomic mass is 32.2. The monoisotopic (exact) mass is 441 g/mol. The third-order valence-corrected chi connectivity index (χ3v) is 4.86. The van der Waals surface area contributed by atoms with Gasteiger partial charge in [-0.05, 0) is 30.2 Å². The van der Waals surface area contributed by atoms with Gasteiger partial charge in [0.2, 0.25) is 5.95 Å². The molecule has 0 saturated heterocycles. The van der Waals surface area contributed by atoms with Crippen molar-refractivity contribution in [3.63, 3.8) is 0 Å². The van der Waals surface area contributed by atoms with Crippen molar-refractivity contribution >= 4 is 34.0 Å². The zero-order chi connectivity index (χ0) is 22.2. The first-order valence-electron chi connectivity index (χ1n) is 9.71. The summed E-state index contributed by atoms with van der Waals surface area (Å²) < 4.78 is 23.2. The number of nitrogens with one attached hydrogen (secondary N) is 3. The van der Waals surface area contributed by atoms with Crippen LogP contribution >= 0.6 is 0 Å². The number of hydrogen-bond acceptors (Lipinski definition) is 9. The van der Waals surface area contributed by atoms with E-state index in [0.717, 1.165) is 11.3 Å². The Labute approximate surface area is 183 Å². The predicted octanol–water partition coefficient (Wildman–Crippen LogP) is 4.26. The summed E-state index contributed by atoms with van der Waals surface area (Å²) in [6.07, 6.45) is 0. The third-order valence-electron chi connectivity index (χ3n) is 4.50. The highest BCUT2D eigenvalue weighted by molar-refractivity contribution is 7.68. The summed E-state index contributed by atoms with van der Waals surface area (Å²) in [6, 6.07) is 18.0. The molecule has 0 fully saturated rings. The molecule has 9 nitrogen and oxygen atoms in total. The fraction of sp³-hybridized carbons (Fsp3) is 0.238. The fourth-order valence-corrected chi connectivity index (χ4v) is 3.06. The fourth-order valence-electron chi connectivity index (χ4n) is 2.75. The average Bonchev–Trinajstić information content (AvgIpc) is 2.77. The third kappa shape index (κ3) is 6.64. The lowest BCUT2D eigenvalue weighted by atomic mass is 10.1. The van der Waals surface area contributed by atoms with E-state index in [9.17, 15) is 9.32 Å². The van der Waals surface area contributed by atoms with Gasteiger partial charge in [0, 0.05) is 17.3 Å². The number of anilines is 3.